The van der Waals surface area contributed by atoms with Crippen molar-refractivity contribution in [1.82, 2.24) is 19.8 Å². The fraction of sp³-hybridized carbons (Fsp3) is 0.444. The van der Waals surface area contributed by atoms with Gasteiger partial charge in [0.15, 0.2) is 17.4 Å². The number of nitrogen functional groups attached to an aromatic ring is 1. The number of likely N-dealkylation sites (tertiary alicyclic amines) is 2. The van der Waals surface area contributed by atoms with Crippen LogP contribution < -0.4 is 16.0 Å². The van der Waals surface area contributed by atoms with Crippen molar-refractivity contribution in [3.05, 3.63) is 66.3 Å². The topological polar surface area (TPSA) is 104 Å². The molecule has 9 nitrogen and oxygen atoms in total. The molecule has 194 valence electrons. The van der Waals surface area contributed by atoms with Gasteiger partial charge in [-0.15, -0.1) is 0 Å². The van der Waals surface area contributed by atoms with Gasteiger partial charge in [-0.05, 0) is 43.2 Å². The molecule has 2 saturated heterocycles. The van der Waals surface area contributed by atoms with Gasteiger partial charge < -0.3 is 25.3 Å². The third-order valence-corrected chi connectivity index (χ3v) is 7.81. The van der Waals surface area contributed by atoms with Crippen molar-refractivity contribution in [1.29, 1.82) is 0 Å². The van der Waals surface area contributed by atoms with Crippen LogP contribution in [0.15, 0.2) is 59.3 Å². The molecule has 6 heterocycles. The van der Waals surface area contributed by atoms with E-state index >= 15 is 4.39 Å². The summed E-state index contributed by atoms with van der Waals surface area (Å²) in [5, 5.41) is 3.55. The maximum absolute atomic E-state index is 15.8. The number of halogens is 1. The van der Waals surface area contributed by atoms with Gasteiger partial charge in [-0.3, -0.25) is 14.7 Å². The summed E-state index contributed by atoms with van der Waals surface area (Å²) in [6, 6.07) is 13.6. The smallest absolute Gasteiger partial charge is 0.260 e. The summed E-state index contributed by atoms with van der Waals surface area (Å²) in [4.78, 5) is 28.6. The minimum atomic E-state index is -1.81. The Bertz CT molecular complexity index is 1240. The number of hydrogen-bond donors (Lipinski definition) is 2. The molecular weight excluding hydrogens is 473 g/mol. The molecule has 0 saturated carbocycles. The lowest BCUT2D eigenvalue weighted by atomic mass is 9.90. The normalized spacial score (nSPS) is 22.0. The lowest BCUT2D eigenvalue weighted by Crippen LogP contribution is -2.55. The summed E-state index contributed by atoms with van der Waals surface area (Å²) in [6.07, 6.45) is 5.34. The average molecular weight is 506 g/mol. The van der Waals surface area contributed by atoms with Crippen LogP contribution >= 0.6 is 0 Å². The fourth-order valence-corrected chi connectivity index (χ4v) is 5.80. The van der Waals surface area contributed by atoms with Gasteiger partial charge in [-0.25, -0.2) is 9.37 Å². The predicted molar refractivity (Wildman–Crippen MR) is 138 cm³/mol. The zero-order chi connectivity index (χ0) is 25.4. The van der Waals surface area contributed by atoms with Crippen LogP contribution in [0.25, 0.3) is 0 Å². The van der Waals surface area contributed by atoms with E-state index in [-0.39, 0.29) is 31.0 Å². The lowest BCUT2D eigenvalue weighted by molar-refractivity contribution is -0.148. The summed E-state index contributed by atoms with van der Waals surface area (Å²) in [7, 11) is 0. The van der Waals surface area contributed by atoms with Crippen molar-refractivity contribution < 1.29 is 13.6 Å². The molecule has 0 radical (unpaired) electrons. The number of nitrogens with two attached hydrogens (primary N) is 1. The van der Waals surface area contributed by atoms with Crippen LogP contribution in [0.1, 0.15) is 43.3 Å². The van der Waals surface area contributed by atoms with Gasteiger partial charge >= 0.3 is 0 Å². The maximum atomic E-state index is 15.8. The van der Waals surface area contributed by atoms with E-state index in [1.807, 2.05) is 36.4 Å². The molecule has 1 atom stereocenters. The first kappa shape index (κ1) is 23.7. The summed E-state index contributed by atoms with van der Waals surface area (Å²) in [5.74, 6) is 1.66. The van der Waals surface area contributed by atoms with Crippen molar-refractivity contribution in [3.63, 3.8) is 0 Å². The highest BCUT2D eigenvalue weighted by molar-refractivity contribution is 5.85. The minimum Gasteiger partial charge on any atom is -0.445 e. The first-order valence-corrected chi connectivity index (χ1v) is 13.0. The number of nitrogens with zero attached hydrogens (tertiary/aromatic N) is 5. The molecule has 1 unspecified atom stereocenters. The van der Waals surface area contributed by atoms with E-state index in [0.717, 1.165) is 35.8 Å². The lowest BCUT2D eigenvalue weighted by Gasteiger charge is -2.42. The van der Waals surface area contributed by atoms with E-state index in [9.17, 15) is 4.79 Å². The van der Waals surface area contributed by atoms with E-state index in [4.69, 9.17) is 10.2 Å². The summed E-state index contributed by atoms with van der Waals surface area (Å²) < 4.78 is 21.3. The molecule has 3 aliphatic rings. The summed E-state index contributed by atoms with van der Waals surface area (Å²) in [5.41, 5.74) is 5.73. The molecule has 37 heavy (non-hydrogen) atoms. The number of fused-ring (bicyclic) bond motifs is 1. The molecule has 0 aromatic carbocycles. The Morgan fingerprint density at radius 1 is 1.05 bits per heavy atom. The molecule has 3 aliphatic heterocycles. The third-order valence-electron chi connectivity index (χ3n) is 7.81. The zero-order valence-corrected chi connectivity index (χ0v) is 20.7. The van der Waals surface area contributed by atoms with Crippen LogP contribution in [0.3, 0.4) is 0 Å². The van der Waals surface area contributed by atoms with Gasteiger partial charge in [0.2, 0.25) is 0 Å². The minimum absolute atomic E-state index is 0.125. The van der Waals surface area contributed by atoms with Crippen LogP contribution in [0.5, 0.6) is 0 Å². The molecular formula is C27H32FN7O2. The quantitative estimate of drug-likeness (QED) is 0.542. The van der Waals surface area contributed by atoms with Crippen LogP contribution in [0.2, 0.25) is 0 Å². The van der Waals surface area contributed by atoms with E-state index in [0.29, 0.717) is 38.6 Å². The van der Waals surface area contributed by atoms with Crippen molar-refractivity contribution in [2.45, 2.75) is 50.1 Å². The molecule has 3 aromatic heterocycles. The van der Waals surface area contributed by atoms with Crippen LogP contribution in [0.4, 0.5) is 21.8 Å². The second-order valence-corrected chi connectivity index (χ2v) is 10.2. The molecule has 10 heteroatoms. The Morgan fingerprint density at radius 2 is 1.84 bits per heavy atom. The van der Waals surface area contributed by atoms with E-state index < -0.39 is 5.67 Å². The van der Waals surface area contributed by atoms with E-state index in [1.165, 1.54) is 0 Å². The Kier molecular flexibility index (Phi) is 6.19. The number of piperidine rings is 2. The van der Waals surface area contributed by atoms with Gasteiger partial charge in [0, 0.05) is 63.5 Å². The number of carbonyl (C=O) groups is 1. The number of amides is 1. The highest BCUT2D eigenvalue weighted by atomic mass is 19.1. The number of anilines is 3. The largest absolute Gasteiger partial charge is 0.445 e. The van der Waals surface area contributed by atoms with Gasteiger partial charge in [-0.2, -0.15) is 0 Å². The number of carbonyl (C=O) groups excluding carboxylic acids is 1. The Hall–Kier alpha value is -3.66. The molecule has 1 amide bonds. The first-order valence-electron chi connectivity index (χ1n) is 13.0. The number of hydrogen-bond acceptors (Lipinski definition) is 8. The monoisotopic (exact) mass is 505 g/mol. The molecule has 0 spiro atoms. The fourth-order valence-electron chi connectivity index (χ4n) is 5.80. The second-order valence-electron chi connectivity index (χ2n) is 10.2. The van der Waals surface area contributed by atoms with Gasteiger partial charge in [0.05, 0.1) is 17.9 Å². The Morgan fingerprint density at radius 3 is 2.54 bits per heavy atom. The molecule has 6 rings (SSSR count). The summed E-state index contributed by atoms with van der Waals surface area (Å²) >= 11 is 0. The van der Waals surface area contributed by atoms with Crippen molar-refractivity contribution in [2.75, 3.05) is 42.1 Å². The van der Waals surface area contributed by atoms with Crippen molar-refractivity contribution in [3.8, 4) is 0 Å². The SMILES string of the molecule is Nc1ccc(CN2CCC(F)(C(=O)N3CCC(N4c5ncccc5NC4c4ccccn4)CC3)CC2)o1. The van der Waals surface area contributed by atoms with E-state index in [1.54, 1.807) is 23.4 Å². The third kappa shape index (κ3) is 4.61. The highest BCUT2D eigenvalue weighted by Crippen LogP contribution is 2.42. The van der Waals surface area contributed by atoms with Crippen LogP contribution in [-0.4, -0.2) is 63.6 Å². The molecule has 0 bridgehead atoms. The maximum Gasteiger partial charge on any atom is 0.260 e. The number of aromatic nitrogens is 2. The highest BCUT2D eigenvalue weighted by Gasteiger charge is 2.46. The van der Waals surface area contributed by atoms with Crippen molar-refractivity contribution >= 4 is 23.3 Å². The van der Waals surface area contributed by atoms with Gasteiger partial charge in [0.1, 0.15) is 11.9 Å². The molecule has 3 aromatic rings. The molecule has 2 fully saturated rings. The molecule has 0 aliphatic carbocycles. The van der Waals surface area contributed by atoms with Crippen LogP contribution in [-0.2, 0) is 11.3 Å². The summed E-state index contributed by atoms with van der Waals surface area (Å²) in [6.45, 7) is 2.64. The van der Waals surface area contributed by atoms with Gasteiger partial charge in [0.25, 0.3) is 5.91 Å². The number of pyridine rings is 2. The number of rotatable bonds is 5. The number of furan rings is 1. The zero-order valence-electron chi connectivity index (χ0n) is 20.7. The van der Waals surface area contributed by atoms with Crippen molar-refractivity contribution in [2.24, 2.45) is 0 Å². The predicted octanol–water partition coefficient (Wildman–Crippen LogP) is 3.58. The van der Waals surface area contributed by atoms with Gasteiger partial charge in [-0.1, -0.05) is 6.07 Å². The van der Waals surface area contributed by atoms with Crippen LogP contribution in [0, 0.1) is 0 Å². The second kappa shape index (κ2) is 9.66. The number of nitrogens with one attached hydrogen (secondary N) is 1. The average Bonchev–Trinajstić information content (AvgIpc) is 3.53. The Balaban J connectivity index is 1.09. The molecule has 3 N–H and O–H groups in total. The Labute approximate surface area is 215 Å². The van der Waals surface area contributed by atoms with E-state index in [2.05, 4.69) is 25.1 Å². The standard InChI is InChI=1S/C27H32FN7O2/c28-27(10-16-33(17-11-27)18-20-6-7-23(29)37-20)26(36)34-14-8-19(9-15-34)35-24-22(5-3-13-31-24)32-25(35)21-4-1-2-12-30-21/h1-7,12-13,19,25,32H,8-11,14-18,29H2. The number of alkyl halides is 1. The first-order chi connectivity index (χ1) is 18.0.